The van der Waals surface area contributed by atoms with Crippen LogP contribution in [0.5, 0.6) is 0 Å². The van der Waals surface area contributed by atoms with Crippen LogP contribution in [-0.2, 0) is 6.42 Å². The highest BCUT2D eigenvalue weighted by atomic mass is 16.3. The van der Waals surface area contributed by atoms with Crippen LogP contribution in [-0.4, -0.2) is 35.7 Å². The van der Waals surface area contributed by atoms with E-state index in [1.165, 1.54) is 5.56 Å². The zero-order valence-electron chi connectivity index (χ0n) is 9.60. The second-order valence-corrected chi connectivity index (χ2v) is 4.57. The van der Waals surface area contributed by atoms with Crippen molar-refractivity contribution in [1.82, 2.24) is 4.90 Å². The highest BCUT2D eigenvalue weighted by Gasteiger charge is 2.16. The lowest BCUT2D eigenvalue weighted by Gasteiger charge is -2.29. The van der Waals surface area contributed by atoms with Crippen LogP contribution in [0.15, 0.2) is 24.3 Å². The first-order valence-electron chi connectivity index (χ1n) is 5.99. The topological polar surface area (TPSA) is 49.5 Å². The van der Waals surface area contributed by atoms with Gasteiger partial charge in [0.15, 0.2) is 0 Å². The number of nitrogen functional groups attached to an aromatic ring is 1. The molecule has 1 heterocycles. The summed E-state index contributed by atoms with van der Waals surface area (Å²) in [7, 11) is 0. The largest absolute Gasteiger partial charge is 0.399 e. The maximum Gasteiger partial charge on any atom is 0.0564 e. The van der Waals surface area contributed by atoms with Gasteiger partial charge in [0.25, 0.3) is 0 Å². The second-order valence-electron chi connectivity index (χ2n) is 4.57. The summed E-state index contributed by atoms with van der Waals surface area (Å²) in [5.74, 6) is 0. The van der Waals surface area contributed by atoms with Crippen molar-refractivity contribution in [1.29, 1.82) is 0 Å². The molecule has 0 saturated carbocycles. The molecule has 0 radical (unpaired) electrons. The lowest BCUT2D eigenvalue weighted by Crippen LogP contribution is -2.37. The summed E-state index contributed by atoms with van der Waals surface area (Å²) in [5.41, 5.74) is 7.88. The fraction of sp³-hybridized carbons (Fsp3) is 0.538. The standard InChI is InChI=1S/C13H20N2O/c14-12-3-1-2-11(10-12)4-7-15-8-5-13(16)6-9-15/h1-3,10,13,16H,4-9,14H2. The van der Waals surface area contributed by atoms with E-state index in [0.717, 1.165) is 44.6 Å². The Morgan fingerprint density at radius 2 is 2.06 bits per heavy atom. The van der Waals surface area contributed by atoms with E-state index in [-0.39, 0.29) is 6.10 Å². The van der Waals surface area contributed by atoms with E-state index in [0.29, 0.717) is 0 Å². The molecule has 2 rings (SSSR count). The first-order chi connectivity index (χ1) is 7.74. The number of nitrogens with two attached hydrogens (primary N) is 1. The summed E-state index contributed by atoms with van der Waals surface area (Å²) < 4.78 is 0. The predicted octanol–water partition coefficient (Wildman–Crippen LogP) is 1.27. The number of benzene rings is 1. The molecule has 3 N–H and O–H groups in total. The van der Waals surface area contributed by atoms with Crippen LogP contribution in [0.1, 0.15) is 18.4 Å². The number of piperidine rings is 1. The third-order valence-electron chi connectivity index (χ3n) is 3.22. The zero-order valence-corrected chi connectivity index (χ0v) is 9.60. The number of anilines is 1. The number of aliphatic hydroxyl groups is 1. The van der Waals surface area contributed by atoms with Gasteiger partial charge in [0.2, 0.25) is 0 Å². The van der Waals surface area contributed by atoms with Crippen molar-refractivity contribution in [2.24, 2.45) is 0 Å². The smallest absolute Gasteiger partial charge is 0.0564 e. The van der Waals surface area contributed by atoms with Gasteiger partial charge in [-0.05, 0) is 37.0 Å². The summed E-state index contributed by atoms with van der Waals surface area (Å²) in [4.78, 5) is 2.41. The van der Waals surface area contributed by atoms with Gasteiger partial charge in [0.1, 0.15) is 0 Å². The minimum atomic E-state index is -0.0800. The molecule has 3 heteroatoms. The number of aliphatic hydroxyl groups excluding tert-OH is 1. The molecule has 1 fully saturated rings. The summed E-state index contributed by atoms with van der Waals surface area (Å²) in [6.45, 7) is 3.10. The molecule has 1 saturated heterocycles. The molecule has 0 aliphatic carbocycles. The van der Waals surface area contributed by atoms with Gasteiger partial charge in [-0.1, -0.05) is 12.1 Å². The molecule has 0 amide bonds. The molecule has 1 aromatic carbocycles. The molecule has 16 heavy (non-hydrogen) atoms. The van der Waals surface area contributed by atoms with E-state index in [2.05, 4.69) is 11.0 Å². The average molecular weight is 220 g/mol. The molecule has 1 aliphatic heterocycles. The Morgan fingerprint density at radius 3 is 2.75 bits per heavy atom. The third-order valence-corrected chi connectivity index (χ3v) is 3.22. The molecule has 0 unspecified atom stereocenters. The molecule has 1 aliphatic rings. The van der Waals surface area contributed by atoms with Crippen LogP contribution >= 0.6 is 0 Å². The molecule has 0 bridgehead atoms. The zero-order chi connectivity index (χ0) is 11.4. The summed E-state index contributed by atoms with van der Waals surface area (Å²) in [5, 5.41) is 9.41. The van der Waals surface area contributed by atoms with Crippen molar-refractivity contribution in [3.63, 3.8) is 0 Å². The van der Waals surface area contributed by atoms with Crippen molar-refractivity contribution in [2.45, 2.75) is 25.4 Å². The predicted molar refractivity (Wildman–Crippen MR) is 66.2 cm³/mol. The van der Waals surface area contributed by atoms with Gasteiger partial charge in [-0.15, -0.1) is 0 Å². The van der Waals surface area contributed by atoms with Crippen LogP contribution in [0.2, 0.25) is 0 Å². The Hall–Kier alpha value is -1.06. The van der Waals surface area contributed by atoms with Crippen LogP contribution in [0.3, 0.4) is 0 Å². The second kappa shape index (κ2) is 5.32. The van der Waals surface area contributed by atoms with Crippen molar-refractivity contribution >= 4 is 5.69 Å². The van der Waals surface area contributed by atoms with Crippen molar-refractivity contribution in [3.05, 3.63) is 29.8 Å². The molecule has 3 nitrogen and oxygen atoms in total. The molecule has 0 atom stereocenters. The van der Waals surface area contributed by atoms with E-state index in [1.807, 2.05) is 18.2 Å². The van der Waals surface area contributed by atoms with Crippen LogP contribution in [0.25, 0.3) is 0 Å². The monoisotopic (exact) mass is 220 g/mol. The molecule has 0 spiro atoms. The molecular weight excluding hydrogens is 200 g/mol. The van der Waals surface area contributed by atoms with Crippen molar-refractivity contribution in [3.8, 4) is 0 Å². The van der Waals surface area contributed by atoms with Crippen LogP contribution < -0.4 is 5.73 Å². The van der Waals surface area contributed by atoms with Gasteiger partial charge in [-0.3, -0.25) is 0 Å². The fourth-order valence-electron chi connectivity index (χ4n) is 2.18. The molecule has 1 aromatic rings. The summed E-state index contributed by atoms with van der Waals surface area (Å²) in [6.07, 6.45) is 2.79. The lowest BCUT2D eigenvalue weighted by molar-refractivity contribution is 0.0832. The number of likely N-dealkylation sites (tertiary alicyclic amines) is 1. The maximum atomic E-state index is 9.41. The minimum absolute atomic E-state index is 0.0800. The van der Waals surface area contributed by atoms with Gasteiger partial charge >= 0.3 is 0 Å². The Morgan fingerprint density at radius 1 is 1.31 bits per heavy atom. The van der Waals surface area contributed by atoms with Gasteiger partial charge < -0.3 is 15.7 Å². The maximum absolute atomic E-state index is 9.41. The minimum Gasteiger partial charge on any atom is -0.399 e. The molecule has 0 aromatic heterocycles. The first-order valence-corrected chi connectivity index (χ1v) is 5.99. The van der Waals surface area contributed by atoms with E-state index in [4.69, 9.17) is 5.73 Å². The Kier molecular flexibility index (Phi) is 3.80. The van der Waals surface area contributed by atoms with Crippen molar-refractivity contribution in [2.75, 3.05) is 25.4 Å². The normalized spacial score (nSPS) is 18.8. The number of nitrogens with zero attached hydrogens (tertiary/aromatic N) is 1. The lowest BCUT2D eigenvalue weighted by atomic mass is 10.1. The quantitative estimate of drug-likeness (QED) is 0.754. The van der Waals surface area contributed by atoms with Crippen LogP contribution in [0.4, 0.5) is 5.69 Å². The van der Waals surface area contributed by atoms with E-state index in [1.54, 1.807) is 0 Å². The Balaban J connectivity index is 1.79. The first kappa shape index (κ1) is 11.4. The Bertz CT molecular complexity index is 332. The van der Waals surface area contributed by atoms with Gasteiger partial charge in [-0.2, -0.15) is 0 Å². The van der Waals surface area contributed by atoms with Gasteiger partial charge in [0, 0.05) is 25.3 Å². The third kappa shape index (κ3) is 3.22. The summed E-state index contributed by atoms with van der Waals surface area (Å²) in [6, 6.07) is 8.08. The van der Waals surface area contributed by atoms with E-state index < -0.39 is 0 Å². The highest BCUT2D eigenvalue weighted by molar-refractivity contribution is 5.40. The molecule has 88 valence electrons. The molecular formula is C13H20N2O. The van der Waals surface area contributed by atoms with Gasteiger partial charge in [-0.25, -0.2) is 0 Å². The fourth-order valence-corrected chi connectivity index (χ4v) is 2.18. The summed E-state index contributed by atoms with van der Waals surface area (Å²) >= 11 is 0. The Labute approximate surface area is 96.9 Å². The SMILES string of the molecule is Nc1cccc(CCN2CCC(O)CC2)c1. The van der Waals surface area contributed by atoms with E-state index in [9.17, 15) is 5.11 Å². The van der Waals surface area contributed by atoms with Gasteiger partial charge in [0.05, 0.1) is 6.10 Å². The van der Waals surface area contributed by atoms with Crippen molar-refractivity contribution < 1.29 is 5.11 Å². The van der Waals surface area contributed by atoms with Crippen LogP contribution in [0, 0.1) is 0 Å². The average Bonchev–Trinajstić information content (AvgIpc) is 2.28. The number of rotatable bonds is 3. The number of hydrogen-bond donors (Lipinski definition) is 2. The van der Waals surface area contributed by atoms with E-state index >= 15 is 0 Å². The highest BCUT2D eigenvalue weighted by Crippen LogP contribution is 2.12. The number of hydrogen-bond acceptors (Lipinski definition) is 3.